The zero-order valence-corrected chi connectivity index (χ0v) is 9.59. The fourth-order valence-corrected chi connectivity index (χ4v) is 2.15. The molecule has 5 nitrogen and oxygen atoms in total. The highest BCUT2D eigenvalue weighted by Crippen LogP contribution is 2.21. The van der Waals surface area contributed by atoms with Gasteiger partial charge in [0, 0.05) is 30.9 Å². The van der Waals surface area contributed by atoms with E-state index in [4.69, 9.17) is 0 Å². The molecule has 0 atom stereocenters. The Hall–Kier alpha value is -2.43. The predicted octanol–water partition coefficient (Wildman–Crippen LogP) is 0.973. The Labute approximate surface area is 103 Å². The fourth-order valence-electron chi connectivity index (χ4n) is 2.15. The molecule has 3 heterocycles. The van der Waals surface area contributed by atoms with Gasteiger partial charge >= 0.3 is 0 Å². The van der Waals surface area contributed by atoms with Gasteiger partial charge in [0.05, 0.1) is 17.4 Å². The number of carbonyl (C=O) groups is 1. The number of fused-ring (bicyclic) bond motifs is 1. The van der Waals surface area contributed by atoms with Crippen LogP contribution in [-0.2, 0) is 6.42 Å². The smallest absolute Gasteiger partial charge is 0.260 e. The van der Waals surface area contributed by atoms with Crippen LogP contribution in [0.2, 0.25) is 0 Å². The van der Waals surface area contributed by atoms with E-state index >= 15 is 0 Å². The minimum atomic E-state index is -0.170. The van der Waals surface area contributed by atoms with Crippen molar-refractivity contribution in [2.45, 2.75) is 6.42 Å². The van der Waals surface area contributed by atoms with Gasteiger partial charge in [0.15, 0.2) is 0 Å². The molecule has 0 bridgehead atoms. The molecule has 2 aromatic heterocycles. The highest BCUT2D eigenvalue weighted by Gasteiger charge is 2.25. The SMILES string of the molecule is O=C1c2ccc(=O)[nH]c2CCN1c1cccnc1. The topological polar surface area (TPSA) is 66.1 Å². The summed E-state index contributed by atoms with van der Waals surface area (Å²) >= 11 is 0. The van der Waals surface area contributed by atoms with E-state index < -0.39 is 0 Å². The lowest BCUT2D eigenvalue weighted by atomic mass is 10.0. The van der Waals surface area contributed by atoms with Gasteiger partial charge in [0.1, 0.15) is 0 Å². The van der Waals surface area contributed by atoms with Gasteiger partial charge in [-0.1, -0.05) is 0 Å². The van der Waals surface area contributed by atoms with Crippen molar-refractivity contribution in [3.63, 3.8) is 0 Å². The Morgan fingerprint density at radius 3 is 2.89 bits per heavy atom. The molecule has 0 aromatic carbocycles. The van der Waals surface area contributed by atoms with Crippen molar-refractivity contribution >= 4 is 11.6 Å². The lowest BCUT2D eigenvalue weighted by Crippen LogP contribution is -2.39. The summed E-state index contributed by atoms with van der Waals surface area (Å²) in [7, 11) is 0. The van der Waals surface area contributed by atoms with Crippen molar-refractivity contribution < 1.29 is 4.79 Å². The summed E-state index contributed by atoms with van der Waals surface area (Å²) in [5, 5.41) is 0. The summed E-state index contributed by atoms with van der Waals surface area (Å²) in [6, 6.07) is 6.61. The maximum atomic E-state index is 12.3. The van der Waals surface area contributed by atoms with E-state index in [2.05, 4.69) is 9.97 Å². The molecule has 1 amide bonds. The number of amides is 1. The lowest BCUT2D eigenvalue weighted by Gasteiger charge is -2.27. The van der Waals surface area contributed by atoms with Gasteiger partial charge in [-0.3, -0.25) is 14.6 Å². The molecule has 1 aliphatic heterocycles. The third-order valence-corrected chi connectivity index (χ3v) is 3.02. The molecule has 0 spiro atoms. The number of anilines is 1. The Kier molecular flexibility index (Phi) is 2.44. The maximum Gasteiger partial charge on any atom is 0.260 e. The van der Waals surface area contributed by atoms with E-state index in [-0.39, 0.29) is 11.5 Å². The van der Waals surface area contributed by atoms with E-state index in [1.54, 1.807) is 29.4 Å². The first-order chi connectivity index (χ1) is 8.75. The van der Waals surface area contributed by atoms with E-state index in [1.165, 1.54) is 6.07 Å². The van der Waals surface area contributed by atoms with Gasteiger partial charge in [0.25, 0.3) is 5.91 Å². The first kappa shape index (κ1) is 10.7. The lowest BCUT2D eigenvalue weighted by molar-refractivity contribution is 0.0979. The molecule has 5 heteroatoms. The van der Waals surface area contributed by atoms with E-state index in [1.807, 2.05) is 6.07 Å². The van der Waals surface area contributed by atoms with Crippen LogP contribution in [0.5, 0.6) is 0 Å². The van der Waals surface area contributed by atoms with Crippen LogP contribution in [0.1, 0.15) is 16.1 Å². The number of aromatic amines is 1. The first-order valence-electron chi connectivity index (χ1n) is 5.70. The third kappa shape index (κ3) is 1.69. The average Bonchev–Trinajstić information content (AvgIpc) is 2.40. The molecule has 2 aromatic rings. The molecule has 0 aliphatic carbocycles. The van der Waals surface area contributed by atoms with Crippen LogP contribution >= 0.6 is 0 Å². The Morgan fingerprint density at radius 2 is 2.11 bits per heavy atom. The minimum Gasteiger partial charge on any atom is -0.325 e. The molecular weight excluding hydrogens is 230 g/mol. The number of carbonyl (C=O) groups excluding carboxylic acids is 1. The van der Waals surface area contributed by atoms with Crippen LogP contribution in [0.25, 0.3) is 0 Å². The van der Waals surface area contributed by atoms with Crippen LogP contribution in [0.4, 0.5) is 5.69 Å². The second-order valence-corrected chi connectivity index (χ2v) is 4.13. The number of pyridine rings is 2. The number of hydrogen-bond acceptors (Lipinski definition) is 3. The highest BCUT2D eigenvalue weighted by molar-refractivity contribution is 6.07. The van der Waals surface area contributed by atoms with Crippen molar-refractivity contribution in [1.29, 1.82) is 0 Å². The Balaban J connectivity index is 2.02. The first-order valence-corrected chi connectivity index (χ1v) is 5.70. The number of hydrogen-bond donors (Lipinski definition) is 1. The van der Waals surface area contributed by atoms with Crippen LogP contribution in [0.3, 0.4) is 0 Å². The Morgan fingerprint density at radius 1 is 1.22 bits per heavy atom. The standard InChI is InChI=1S/C13H11N3O2/c17-12-4-3-10-11(15-12)5-7-16(13(10)18)9-2-1-6-14-8-9/h1-4,6,8H,5,7H2,(H,15,17). The van der Waals surface area contributed by atoms with Gasteiger partial charge in [0.2, 0.25) is 5.56 Å². The molecule has 0 saturated heterocycles. The number of rotatable bonds is 1. The van der Waals surface area contributed by atoms with Gasteiger partial charge < -0.3 is 9.88 Å². The second kappa shape index (κ2) is 4.10. The second-order valence-electron chi connectivity index (χ2n) is 4.13. The van der Waals surface area contributed by atoms with Crippen molar-refractivity contribution in [3.8, 4) is 0 Å². The van der Waals surface area contributed by atoms with Crippen molar-refractivity contribution in [2.24, 2.45) is 0 Å². The Bertz CT molecular complexity index is 649. The highest BCUT2D eigenvalue weighted by atomic mass is 16.2. The fraction of sp³-hybridized carbons (Fsp3) is 0.154. The maximum absolute atomic E-state index is 12.3. The number of nitrogens with one attached hydrogen (secondary N) is 1. The zero-order valence-electron chi connectivity index (χ0n) is 9.59. The van der Waals surface area contributed by atoms with Crippen molar-refractivity contribution in [2.75, 3.05) is 11.4 Å². The molecule has 0 fully saturated rings. The van der Waals surface area contributed by atoms with Crippen LogP contribution < -0.4 is 10.5 Å². The van der Waals surface area contributed by atoms with Crippen LogP contribution in [0.15, 0.2) is 41.5 Å². The summed E-state index contributed by atoms with van der Waals surface area (Å²) in [5.74, 6) is -0.0968. The molecule has 0 saturated carbocycles. The largest absolute Gasteiger partial charge is 0.325 e. The van der Waals surface area contributed by atoms with Gasteiger partial charge in [-0.05, 0) is 18.2 Å². The van der Waals surface area contributed by atoms with Gasteiger partial charge in [-0.2, -0.15) is 0 Å². The molecule has 0 radical (unpaired) electrons. The number of nitrogens with zero attached hydrogens (tertiary/aromatic N) is 2. The monoisotopic (exact) mass is 241 g/mol. The summed E-state index contributed by atoms with van der Waals surface area (Å²) in [6.45, 7) is 0.553. The molecule has 3 rings (SSSR count). The summed E-state index contributed by atoms with van der Waals surface area (Å²) in [5.41, 5.74) is 1.88. The average molecular weight is 241 g/mol. The molecular formula is C13H11N3O2. The summed E-state index contributed by atoms with van der Waals surface area (Å²) < 4.78 is 0. The normalized spacial score (nSPS) is 14.4. The van der Waals surface area contributed by atoms with E-state index in [0.29, 0.717) is 24.2 Å². The third-order valence-electron chi connectivity index (χ3n) is 3.02. The summed E-state index contributed by atoms with van der Waals surface area (Å²) in [4.78, 5) is 31.9. The molecule has 0 unspecified atom stereocenters. The van der Waals surface area contributed by atoms with Crippen molar-refractivity contribution in [1.82, 2.24) is 9.97 Å². The molecule has 1 aliphatic rings. The van der Waals surface area contributed by atoms with Gasteiger partial charge in [-0.25, -0.2) is 0 Å². The molecule has 90 valence electrons. The molecule has 18 heavy (non-hydrogen) atoms. The van der Waals surface area contributed by atoms with E-state index in [0.717, 1.165) is 5.69 Å². The molecule has 1 N–H and O–H groups in total. The minimum absolute atomic E-state index is 0.0968. The zero-order chi connectivity index (χ0) is 12.5. The van der Waals surface area contributed by atoms with E-state index in [9.17, 15) is 9.59 Å². The van der Waals surface area contributed by atoms with Crippen LogP contribution in [-0.4, -0.2) is 22.4 Å². The van der Waals surface area contributed by atoms with Crippen LogP contribution in [0, 0.1) is 0 Å². The van der Waals surface area contributed by atoms with Crippen molar-refractivity contribution in [3.05, 3.63) is 58.3 Å². The number of aromatic nitrogens is 2. The number of H-pyrrole nitrogens is 1. The van der Waals surface area contributed by atoms with Gasteiger partial charge in [-0.15, -0.1) is 0 Å². The quantitative estimate of drug-likeness (QED) is 0.809. The summed E-state index contributed by atoms with van der Waals surface area (Å²) in [6.07, 6.45) is 3.98. The predicted molar refractivity (Wildman–Crippen MR) is 66.7 cm³/mol.